The molecule has 39 heavy (non-hydrogen) atoms. The summed E-state index contributed by atoms with van der Waals surface area (Å²) in [5, 5.41) is 0. The minimum atomic E-state index is -4.15. The number of unbranched alkanes of at least 4 members (excludes halogenated alkanes) is 1. The number of hydrogen-bond donors (Lipinski definition) is 1. The molecule has 1 aliphatic heterocycles. The molecule has 0 aliphatic carbocycles. The van der Waals surface area contributed by atoms with Crippen molar-refractivity contribution in [3.8, 4) is 17.2 Å². The molecule has 1 unspecified atom stereocenters. The van der Waals surface area contributed by atoms with E-state index in [0.29, 0.717) is 29.2 Å². The molecule has 0 fully saturated rings. The maximum atomic E-state index is 13.6. The maximum Gasteiger partial charge on any atom is 0.279 e. The summed E-state index contributed by atoms with van der Waals surface area (Å²) >= 11 is 0. The van der Waals surface area contributed by atoms with Gasteiger partial charge in [-0.25, -0.2) is 13.1 Å². The summed E-state index contributed by atoms with van der Waals surface area (Å²) in [5.41, 5.74) is 3.13. The molecule has 2 aromatic carbocycles. The van der Waals surface area contributed by atoms with Gasteiger partial charge in [-0.1, -0.05) is 58.7 Å². The third kappa shape index (κ3) is 6.89. The maximum absolute atomic E-state index is 13.6. The Balaban J connectivity index is 1.66. The number of nitrogens with zero attached hydrogens (tertiary/aromatic N) is 1. The van der Waals surface area contributed by atoms with Gasteiger partial charge in [0.15, 0.2) is 11.5 Å². The van der Waals surface area contributed by atoms with E-state index in [9.17, 15) is 13.2 Å². The summed E-state index contributed by atoms with van der Waals surface area (Å²) in [4.78, 5) is 18.4. The molecule has 1 aromatic heterocycles. The van der Waals surface area contributed by atoms with Gasteiger partial charge in [0.2, 0.25) is 12.9 Å². The fourth-order valence-corrected chi connectivity index (χ4v) is 5.29. The topological polar surface area (TPSA) is 104 Å². The van der Waals surface area contributed by atoms with Crippen LogP contribution in [0.3, 0.4) is 0 Å². The Bertz CT molecular complexity index is 1400. The third-order valence-electron chi connectivity index (χ3n) is 6.54. The van der Waals surface area contributed by atoms with Crippen LogP contribution in [-0.4, -0.2) is 26.1 Å². The van der Waals surface area contributed by atoms with Crippen molar-refractivity contribution in [2.24, 2.45) is 0 Å². The van der Waals surface area contributed by atoms with E-state index >= 15 is 0 Å². The van der Waals surface area contributed by atoms with Gasteiger partial charge in [-0.15, -0.1) is 0 Å². The zero-order valence-electron chi connectivity index (χ0n) is 22.9. The van der Waals surface area contributed by atoms with Crippen LogP contribution in [0, 0.1) is 0 Å². The molecule has 0 radical (unpaired) electrons. The first-order valence-electron chi connectivity index (χ1n) is 13.4. The van der Waals surface area contributed by atoms with E-state index in [4.69, 9.17) is 19.2 Å². The molecule has 0 saturated heterocycles. The number of nitrogens with one attached hydrogen (secondary N) is 1. The number of aromatic nitrogens is 1. The summed E-state index contributed by atoms with van der Waals surface area (Å²) < 4.78 is 45.7. The second-order valence-corrected chi connectivity index (χ2v) is 11.6. The summed E-state index contributed by atoms with van der Waals surface area (Å²) in [6.45, 7) is 8.29. The van der Waals surface area contributed by atoms with Crippen molar-refractivity contribution < 1.29 is 27.4 Å². The molecule has 1 aliphatic rings. The lowest BCUT2D eigenvalue weighted by atomic mass is 10.0. The number of aryl methyl sites for hydroxylation is 2. The van der Waals surface area contributed by atoms with E-state index in [0.717, 1.165) is 42.6 Å². The zero-order valence-corrected chi connectivity index (χ0v) is 23.7. The van der Waals surface area contributed by atoms with Crippen LogP contribution in [-0.2, 0) is 27.7 Å². The molecule has 1 N–H and O–H groups in total. The standard InChI is InChI=1S/C30H36N2O6S/c1-5-7-9-23-13-17-26(25(31-23)8-6-2)38-29(22-12-16-27-28(18-22)37-19-36-27)30(33)32-39(34,35)24-14-10-21(11-15-24)20(3)4/h10-18,20,29H,5-9,19H2,1-4H3,(H,32,33). The molecular weight excluding hydrogens is 516 g/mol. The number of benzene rings is 2. The number of fused-ring (bicyclic) bond motifs is 1. The number of amides is 1. The first-order valence-corrected chi connectivity index (χ1v) is 14.9. The van der Waals surface area contributed by atoms with E-state index in [1.54, 1.807) is 30.3 Å². The van der Waals surface area contributed by atoms with Gasteiger partial charge in [0.05, 0.1) is 10.6 Å². The van der Waals surface area contributed by atoms with Crippen LogP contribution in [0.1, 0.15) is 81.5 Å². The molecule has 0 saturated carbocycles. The fraction of sp³-hybridized carbons (Fsp3) is 0.400. The largest absolute Gasteiger partial charge is 0.474 e. The zero-order chi connectivity index (χ0) is 28.0. The second-order valence-electron chi connectivity index (χ2n) is 9.91. The van der Waals surface area contributed by atoms with Crippen molar-refractivity contribution >= 4 is 15.9 Å². The summed E-state index contributed by atoms with van der Waals surface area (Å²) in [5.74, 6) is 0.875. The second kappa shape index (κ2) is 12.5. The molecule has 0 spiro atoms. The average Bonchev–Trinajstić information content (AvgIpc) is 3.39. The van der Waals surface area contributed by atoms with Gasteiger partial charge in [0.1, 0.15) is 5.75 Å². The molecule has 2 heterocycles. The highest BCUT2D eigenvalue weighted by molar-refractivity contribution is 7.90. The predicted molar refractivity (Wildman–Crippen MR) is 149 cm³/mol. The van der Waals surface area contributed by atoms with Gasteiger partial charge in [-0.2, -0.15) is 0 Å². The lowest BCUT2D eigenvalue weighted by molar-refractivity contribution is -0.126. The number of pyridine rings is 1. The predicted octanol–water partition coefficient (Wildman–Crippen LogP) is 5.85. The van der Waals surface area contributed by atoms with Gasteiger partial charge in [-0.05, 0) is 67.1 Å². The van der Waals surface area contributed by atoms with Gasteiger partial charge >= 0.3 is 0 Å². The van der Waals surface area contributed by atoms with E-state index in [-0.39, 0.29) is 17.6 Å². The van der Waals surface area contributed by atoms with Crippen LogP contribution < -0.4 is 18.9 Å². The molecular formula is C30H36N2O6S. The van der Waals surface area contributed by atoms with Crippen molar-refractivity contribution in [3.05, 3.63) is 77.1 Å². The van der Waals surface area contributed by atoms with Crippen LogP contribution in [0.4, 0.5) is 0 Å². The highest BCUT2D eigenvalue weighted by Gasteiger charge is 2.30. The van der Waals surface area contributed by atoms with Crippen LogP contribution in [0.5, 0.6) is 17.2 Å². The molecule has 8 nitrogen and oxygen atoms in total. The smallest absolute Gasteiger partial charge is 0.279 e. The van der Waals surface area contributed by atoms with E-state index in [1.807, 2.05) is 32.9 Å². The SMILES string of the molecule is CCCCc1ccc(OC(C(=O)NS(=O)(=O)c2ccc(C(C)C)cc2)c2ccc3c(c2)OCO3)c(CCC)n1. The van der Waals surface area contributed by atoms with Gasteiger partial charge in [-0.3, -0.25) is 9.78 Å². The van der Waals surface area contributed by atoms with E-state index < -0.39 is 22.0 Å². The molecule has 9 heteroatoms. The lowest BCUT2D eigenvalue weighted by Crippen LogP contribution is -2.37. The van der Waals surface area contributed by atoms with Gasteiger partial charge in [0.25, 0.3) is 15.9 Å². The first kappa shape index (κ1) is 28.4. The third-order valence-corrected chi connectivity index (χ3v) is 7.90. The molecule has 1 amide bonds. The quantitative estimate of drug-likeness (QED) is 0.300. The number of carbonyl (C=O) groups excluding carboxylic acids is 1. The van der Waals surface area contributed by atoms with Crippen LogP contribution in [0.2, 0.25) is 0 Å². The Morgan fingerprint density at radius 3 is 2.36 bits per heavy atom. The normalized spacial score (nSPS) is 13.4. The van der Waals surface area contributed by atoms with E-state index in [2.05, 4.69) is 11.6 Å². The van der Waals surface area contributed by atoms with Gasteiger partial charge < -0.3 is 14.2 Å². The fourth-order valence-electron chi connectivity index (χ4n) is 4.31. The summed E-state index contributed by atoms with van der Waals surface area (Å²) in [6, 6.07) is 15.2. The first-order chi connectivity index (χ1) is 18.7. The van der Waals surface area contributed by atoms with Crippen LogP contribution in [0.15, 0.2) is 59.5 Å². The molecule has 208 valence electrons. The van der Waals surface area contributed by atoms with Crippen molar-refractivity contribution in [3.63, 3.8) is 0 Å². The minimum absolute atomic E-state index is 0.00157. The molecule has 4 rings (SSSR count). The van der Waals surface area contributed by atoms with Crippen molar-refractivity contribution in [1.29, 1.82) is 0 Å². The number of rotatable bonds is 12. The number of carbonyl (C=O) groups is 1. The molecule has 1 atom stereocenters. The average molecular weight is 553 g/mol. The highest BCUT2D eigenvalue weighted by Crippen LogP contribution is 2.36. The Morgan fingerprint density at radius 1 is 0.949 bits per heavy atom. The van der Waals surface area contributed by atoms with Crippen molar-refractivity contribution in [2.75, 3.05) is 6.79 Å². The van der Waals surface area contributed by atoms with Gasteiger partial charge in [0, 0.05) is 11.3 Å². The summed E-state index contributed by atoms with van der Waals surface area (Å²) in [7, 11) is -4.15. The Morgan fingerprint density at radius 2 is 1.67 bits per heavy atom. The lowest BCUT2D eigenvalue weighted by Gasteiger charge is -2.21. The van der Waals surface area contributed by atoms with E-state index in [1.165, 1.54) is 12.1 Å². The molecule has 3 aromatic rings. The van der Waals surface area contributed by atoms with Crippen LogP contribution >= 0.6 is 0 Å². The highest BCUT2D eigenvalue weighted by atomic mass is 32.2. The Kier molecular flexibility index (Phi) is 9.12. The summed E-state index contributed by atoms with van der Waals surface area (Å²) in [6.07, 6.45) is 3.16. The van der Waals surface area contributed by atoms with Crippen LogP contribution in [0.25, 0.3) is 0 Å². The van der Waals surface area contributed by atoms with Crippen molar-refractivity contribution in [1.82, 2.24) is 9.71 Å². The number of hydrogen-bond acceptors (Lipinski definition) is 7. The monoisotopic (exact) mass is 552 g/mol. The number of sulfonamides is 1. The Hall–Kier alpha value is -3.59. The minimum Gasteiger partial charge on any atom is -0.474 e. The van der Waals surface area contributed by atoms with Crippen molar-refractivity contribution in [2.45, 2.75) is 76.7 Å². The molecule has 0 bridgehead atoms. The Labute approximate surface area is 230 Å². The number of ether oxygens (including phenoxy) is 3.